The number of nitrogens with two attached hydrogens (primary N) is 1. The number of ether oxygens (including phenoxy) is 2. The van der Waals surface area contributed by atoms with Gasteiger partial charge in [0.2, 0.25) is 5.91 Å². The van der Waals surface area contributed by atoms with Gasteiger partial charge in [0.15, 0.2) is 5.69 Å². The van der Waals surface area contributed by atoms with Crippen molar-refractivity contribution in [1.29, 1.82) is 0 Å². The third kappa shape index (κ3) is 10.5. The van der Waals surface area contributed by atoms with Gasteiger partial charge in [-0.1, -0.05) is 12.2 Å². The van der Waals surface area contributed by atoms with Gasteiger partial charge in [0.05, 0.1) is 16.5 Å². The molecular formula is C26H34N6O8S. The zero-order chi connectivity index (χ0) is 30.7. The molecule has 0 saturated heterocycles. The van der Waals surface area contributed by atoms with Gasteiger partial charge < -0.3 is 30.7 Å². The first-order valence-corrected chi connectivity index (χ1v) is 12.9. The number of rotatable bonds is 14. The summed E-state index contributed by atoms with van der Waals surface area (Å²) in [5.74, 6) is -0.818. The standard InChI is InChI=1S/C26H34N6O8S/c1-26(2,3)40-25(34)30(4)12-7-13-39-22-15-17(24(27)33)14-21(32(37)38)23(22)29-11-6-5-10-28-19-9-8-18(41)16-20(19)31(35)36/h5-6,8-9,14-16,28-29,41H,7,10-13H2,1-4H3,(H2,27,33)/b6-5+. The Labute approximate surface area is 242 Å². The number of nitrogens with one attached hydrogen (secondary N) is 2. The molecule has 14 nitrogen and oxygen atoms in total. The molecule has 0 aliphatic carbocycles. The lowest BCUT2D eigenvalue weighted by atomic mass is 10.1. The number of thiol groups is 1. The summed E-state index contributed by atoms with van der Waals surface area (Å²) in [6, 6.07) is 6.87. The average Bonchev–Trinajstić information content (AvgIpc) is 2.87. The van der Waals surface area contributed by atoms with Crippen LogP contribution >= 0.6 is 12.6 Å². The Morgan fingerprint density at radius 1 is 1.05 bits per heavy atom. The second kappa shape index (κ2) is 14.7. The van der Waals surface area contributed by atoms with Crippen molar-refractivity contribution in [2.24, 2.45) is 5.73 Å². The van der Waals surface area contributed by atoms with E-state index >= 15 is 0 Å². The van der Waals surface area contributed by atoms with Crippen LogP contribution in [0.4, 0.5) is 27.5 Å². The van der Waals surface area contributed by atoms with E-state index in [0.29, 0.717) is 23.5 Å². The summed E-state index contributed by atoms with van der Waals surface area (Å²) < 4.78 is 11.1. The Morgan fingerprint density at radius 3 is 2.27 bits per heavy atom. The monoisotopic (exact) mass is 590 g/mol. The lowest BCUT2D eigenvalue weighted by Crippen LogP contribution is -2.35. The summed E-state index contributed by atoms with van der Waals surface area (Å²) in [4.78, 5) is 47.6. The number of hydrogen-bond acceptors (Lipinski definition) is 11. The highest BCUT2D eigenvalue weighted by Gasteiger charge is 2.23. The van der Waals surface area contributed by atoms with E-state index in [-0.39, 0.29) is 42.4 Å². The summed E-state index contributed by atoms with van der Waals surface area (Å²) >= 11 is 4.11. The first kappa shape index (κ1) is 32.7. The van der Waals surface area contributed by atoms with E-state index in [1.807, 2.05) is 0 Å². The molecule has 0 spiro atoms. The Bertz CT molecular complexity index is 1310. The molecule has 2 amide bonds. The van der Waals surface area contributed by atoms with E-state index in [1.165, 1.54) is 17.0 Å². The van der Waals surface area contributed by atoms with Crippen LogP contribution < -0.4 is 21.1 Å². The van der Waals surface area contributed by atoms with Crippen LogP contribution in [0.2, 0.25) is 0 Å². The maximum Gasteiger partial charge on any atom is 0.410 e. The second-order valence-corrected chi connectivity index (χ2v) is 10.3. The molecule has 0 heterocycles. The predicted molar refractivity (Wildman–Crippen MR) is 157 cm³/mol. The van der Waals surface area contributed by atoms with Gasteiger partial charge in [-0.3, -0.25) is 25.0 Å². The number of hydrogen-bond donors (Lipinski definition) is 4. The number of nitro benzene ring substituents is 2. The molecule has 2 aromatic carbocycles. The first-order valence-electron chi connectivity index (χ1n) is 12.5. The molecular weight excluding hydrogens is 556 g/mol. The quantitative estimate of drug-likeness (QED) is 0.0794. The minimum absolute atomic E-state index is 0.0399. The number of nitrogens with zero attached hydrogens (tertiary/aromatic N) is 3. The van der Waals surface area contributed by atoms with Gasteiger partial charge in [0.1, 0.15) is 17.0 Å². The molecule has 0 aromatic heterocycles. The number of primary amides is 1. The molecule has 15 heteroatoms. The second-order valence-electron chi connectivity index (χ2n) is 9.79. The van der Waals surface area contributed by atoms with Crippen LogP contribution in [0.5, 0.6) is 5.75 Å². The maximum absolute atomic E-state index is 12.1. The fraction of sp³-hybridized carbons (Fsp3) is 0.385. The van der Waals surface area contributed by atoms with Crippen molar-refractivity contribution in [1.82, 2.24) is 4.90 Å². The van der Waals surface area contributed by atoms with Gasteiger partial charge in [-0.2, -0.15) is 0 Å². The summed E-state index contributed by atoms with van der Waals surface area (Å²) in [5, 5.41) is 28.9. The number of anilines is 2. The molecule has 2 aromatic rings. The highest BCUT2D eigenvalue weighted by atomic mass is 32.1. The van der Waals surface area contributed by atoms with Gasteiger partial charge in [-0.15, -0.1) is 12.6 Å². The Hall–Kier alpha value is -4.53. The van der Waals surface area contributed by atoms with Gasteiger partial charge in [0, 0.05) is 49.3 Å². The summed E-state index contributed by atoms with van der Waals surface area (Å²) in [6.45, 7) is 6.01. The molecule has 41 heavy (non-hydrogen) atoms. The molecule has 0 aliphatic rings. The van der Waals surface area contributed by atoms with Crippen molar-refractivity contribution in [3.63, 3.8) is 0 Å². The lowest BCUT2D eigenvalue weighted by molar-refractivity contribution is -0.384. The zero-order valence-electron chi connectivity index (χ0n) is 23.2. The molecule has 0 radical (unpaired) electrons. The van der Waals surface area contributed by atoms with Gasteiger partial charge in [-0.25, -0.2) is 4.79 Å². The van der Waals surface area contributed by atoms with Crippen molar-refractivity contribution in [2.75, 3.05) is 43.9 Å². The smallest absolute Gasteiger partial charge is 0.410 e. The highest BCUT2D eigenvalue weighted by Crippen LogP contribution is 2.36. The Kier molecular flexibility index (Phi) is 11.7. The van der Waals surface area contributed by atoms with Crippen LogP contribution in [0.15, 0.2) is 47.4 Å². The molecule has 0 aliphatic heterocycles. The van der Waals surface area contributed by atoms with E-state index in [9.17, 15) is 29.8 Å². The van der Waals surface area contributed by atoms with Crippen LogP contribution in [0.1, 0.15) is 37.6 Å². The van der Waals surface area contributed by atoms with E-state index < -0.39 is 33.1 Å². The molecule has 0 bridgehead atoms. The van der Waals surface area contributed by atoms with Crippen LogP contribution in [0, 0.1) is 20.2 Å². The summed E-state index contributed by atoms with van der Waals surface area (Å²) in [7, 11) is 1.58. The normalized spacial score (nSPS) is 11.1. The van der Waals surface area contributed by atoms with Crippen LogP contribution in [-0.4, -0.2) is 65.6 Å². The van der Waals surface area contributed by atoms with E-state index in [0.717, 1.165) is 6.07 Å². The molecule has 0 atom stereocenters. The topological polar surface area (TPSA) is 192 Å². The Morgan fingerprint density at radius 2 is 1.68 bits per heavy atom. The molecule has 0 fully saturated rings. The van der Waals surface area contributed by atoms with Gasteiger partial charge >= 0.3 is 6.09 Å². The molecule has 222 valence electrons. The molecule has 2 rings (SSSR count). The number of carbonyl (C=O) groups excluding carboxylic acids is 2. The molecule has 0 unspecified atom stereocenters. The predicted octanol–water partition coefficient (Wildman–Crippen LogP) is 4.61. The maximum atomic E-state index is 12.1. The van der Waals surface area contributed by atoms with E-state index in [2.05, 4.69) is 23.3 Å². The first-order chi connectivity index (χ1) is 19.2. The summed E-state index contributed by atoms with van der Waals surface area (Å²) in [5.41, 5.74) is 4.45. The van der Waals surface area contributed by atoms with E-state index in [1.54, 1.807) is 52.1 Å². The zero-order valence-corrected chi connectivity index (χ0v) is 24.1. The van der Waals surface area contributed by atoms with Crippen LogP contribution in [0.3, 0.4) is 0 Å². The number of nitro groups is 2. The number of amides is 2. The van der Waals surface area contributed by atoms with Crippen molar-refractivity contribution >= 4 is 47.4 Å². The third-order valence-electron chi connectivity index (χ3n) is 5.31. The van der Waals surface area contributed by atoms with Crippen LogP contribution in [-0.2, 0) is 4.74 Å². The largest absolute Gasteiger partial charge is 0.491 e. The van der Waals surface area contributed by atoms with Crippen molar-refractivity contribution < 1.29 is 28.9 Å². The van der Waals surface area contributed by atoms with Crippen LogP contribution in [0.25, 0.3) is 0 Å². The minimum atomic E-state index is -0.861. The fourth-order valence-corrected chi connectivity index (χ4v) is 3.61. The SMILES string of the molecule is CN(CCCOc1cc(C(N)=O)cc([N+](=O)[O-])c1NC/C=C/CNc1ccc(S)cc1[N+](=O)[O-])C(=O)OC(C)(C)C. The lowest BCUT2D eigenvalue weighted by Gasteiger charge is -2.24. The fourth-order valence-electron chi connectivity index (χ4n) is 3.41. The van der Waals surface area contributed by atoms with E-state index in [4.69, 9.17) is 15.2 Å². The molecule has 0 saturated carbocycles. The minimum Gasteiger partial charge on any atom is -0.491 e. The third-order valence-corrected chi connectivity index (χ3v) is 5.59. The van der Waals surface area contributed by atoms with Gasteiger partial charge in [0.25, 0.3) is 11.4 Å². The molecule has 4 N–H and O–H groups in total. The van der Waals surface area contributed by atoms with Crippen molar-refractivity contribution in [3.8, 4) is 5.75 Å². The van der Waals surface area contributed by atoms with Crippen molar-refractivity contribution in [3.05, 3.63) is 68.3 Å². The Balaban J connectivity index is 2.08. The highest BCUT2D eigenvalue weighted by molar-refractivity contribution is 7.80. The van der Waals surface area contributed by atoms with Crippen molar-refractivity contribution in [2.45, 2.75) is 37.7 Å². The number of benzene rings is 2. The average molecular weight is 591 g/mol. The van der Waals surface area contributed by atoms with Gasteiger partial charge in [-0.05, 0) is 45.4 Å². The number of carbonyl (C=O) groups is 2. The summed E-state index contributed by atoms with van der Waals surface area (Å²) in [6.07, 6.45) is 3.22.